The monoisotopic (exact) mass is 423 g/mol. The molecule has 1 aliphatic rings. The number of piperidine rings is 1. The van der Waals surface area contributed by atoms with Gasteiger partial charge in [-0.25, -0.2) is 22.1 Å². The molecule has 29 heavy (non-hydrogen) atoms. The Morgan fingerprint density at radius 2 is 2.03 bits per heavy atom. The number of nitrogens with two attached hydrogens (primary N) is 1. The Bertz CT molecular complexity index is 1020. The van der Waals surface area contributed by atoms with Crippen molar-refractivity contribution in [3.63, 3.8) is 0 Å². The first-order chi connectivity index (χ1) is 13.7. The third kappa shape index (κ3) is 4.80. The summed E-state index contributed by atoms with van der Waals surface area (Å²) in [6.45, 7) is 0.817. The van der Waals surface area contributed by atoms with Crippen molar-refractivity contribution in [1.29, 1.82) is 0 Å². The molecule has 2 aromatic rings. The molecule has 1 aromatic carbocycles. The summed E-state index contributed by atoms with van der Waals surface area (Å²) in [5, 5.41) is 3.11. The molecule has 0 unspecified atom stereocenters. The molecule has 1 aromatic heterocycles. The summed E-state index contributed by atoms with van der Waals surface area (Å²) in [5.74, 6) is -0.907. The highest BCUT2D eigenvalue weighted by atomic mass is 32.2. The van der Waals surface area contributed by atoms with Crippen LogP contribution in [-0.2, 0) is 10.0 Å². The van der Waals surface area contributed by atoms with E-state index >= 15 is 0 Å². The van der Waals surface area contributed by atoms with E-state index in [0.717, 1.165) is 6.07 Å². The van der Waals surface area contributed by atoms with Gasteiger partial charge in [0.25, 0.3) is 0 Å². The van der Waals surface area contributed by atoms with Gasteiger partial charge in [-0.05, 0) is 31.0 Å². The van der Waals surface area contributed by atoms with Crippen molar-refractivity contribution in [2.24, 2.45) is 0 Å². The number of ether oxygens (including phenoxy) is 1. The molecule has 0 radical (unpaired) electrons. The third-order valence-electron chi connectivity index (χ3n) is 4.73. The number of aromatic nitrogens is 2. The van der Waals surface area contributed by atoms with Crippen LogP contribution in [0.4, 0.5) is 16.2 Å². The van der Waals surface area contributed by atoms with Gasteiger partial charge in [0.15, 0.2) is 17.3 Å². The number of nitrogen functional groups attached to an aromatic ring is 1. The van der Waals surface area contributed by atoms with E-state index in [1.54, 1.807) is 0 Å². The molecule has 0 bridgehead atoms. The molecule has 0 atom stereocenters. The van der Waals surface area contributed by atoms with Crippen LogP contribution in [0, 0.1) is 5.82 Å². The molecular weight excluding hydrogens is 401 g/mol. The summed E-state index contributed by atoms with van der Waals surface area (Å²) >= 11 is 0. The highest BCUT2D eigenvalue weighted by molar-refractivity contribution is 7.88. The van der Waals surface area contributed by atoms with Gasteiger partial charge in [-0.2, -0.15) is 4.98 Å². The lowest BCUT2D eigenvalue weighted by Gasteiger charge is -2.30. The van der Waals surface area contributed by atoms with Gasteiger partial charge in [0.05, 0.1) is 18.9 Å². The molecule has 1 saturated heterocycles. The van der Waals surface area contributed by atoms with Crippen molar-refractivity contribution in [3.05, 3.63) is 41.3 Å². The van der Waals surface area contributed by atoms with Crippen molar-refractivity contribution in [3.8, 4) is 5.75 Å². The number of halogens is 1. The predicted molar refractivity (Wildman–Crippen MR) is 106 cm³/mol. The maximum Gasteiger partial charge on any atom is 0.224 e. The Kier molecular flexibility index (Phi) is 5.99. The fourth-order valence-electron chi connectivity index (χ4n) is 3.12. The number of carbonyl (C=O) groups excluding carboxylic acids is 1. The Morgan fingerprint density at radius 1 is 1.34 bits per heavy atom. The van der Waals surface area contributed by atoms with Crippen LogP contribution in [0.1, 0.15) is 28.8 Å². The topological polar surface area (TPSA) is 128 Å². The number of carbonyl (C=O) groups is 1. The van der Waals surface area contributed by atoms with Crippen LogP contribution in [0.5, 0.6) is 5.75 Å². The number of hydrogen-bond donors (Lipinski definition) is 2. The number of rotatable bonds is 6. The average molecular weight is 423 g/mol. The van der Waals surface area contributed by atoms with Gasteiger partial charge in [-0.3, -0.25) is 4.79 Å². The molecule has 2 heterocycles. The van der Waals surface area contributed by atoms with Gasteiger partial charge < -0.3 is 15.8 Å². The molecule has 0 spiro atoms. The van der Waals surface area contributed by atoms with Crippen LogP contribution >= 0.6 is 0 Å². The first-order valence-electron chi connectivity index (χ1n) is 8.91. The maximum atomic E-state index is 13.9. The Hall–Kier alpha value is -2.79. The van der Waals surface area contributed by atoms with E-state index < -0.39 is 21.6 Å². The lowest BCUT2D eigenvalue weighted by atomic mass is 10.0. The van der Waals surface area contributed by atoms with E-state index in [-0.39, 0.29) is 34.7 Å². The molecule has 1 fully saturated rings. The molecule has 0 amide bonds. The van der Waals surface area contributed by atoms with Crippen molar-refractivity contribution < 1.29 is 22.3 Å². The van der Waals surface area contributed by atoms with Crippen molar-refractivity contribution >= 4 is 27.6 Å². The molecule has 0 aliphatic carbocycles. The first kappa shape index (κ1) is 20.9. The number of ketones is 1. The minimum absolute atomic E-state index is 0.00960. The second-order valence-corrected chi connectivity index (χ2v) is 8.73. The third-order valence-corrected chi connectivity index (χ3v) is 6.04. The SMILES string of the molecule is COc1ccc(C(=O)c2cnc(NC3CCN(S(C)(=O)=O)CC3)nc2N)cc1F. The molecule has 1 aliphatic heterocycles. The fraction of sp³-hybridized carbons (Fsp3) is 0.389. The fourth-order valence-corrected chi connectivity index (χ4v) is 3.99. The van der Waals surface area contributed by atoms with Crippen LogP contribution in [0.15, 0.2) is 24.4 Å². The van der Waals surface area contributed by atoms with E-state index in [1.807, 2.05) is 0 Å². The van der Waals surface area contributed by atoms with E-state index in [1.165, 1.54) is 36.0 Å². The molecule has 156 valence electrons. The number of nitrogens with zero attached hydrogens (tertiary/aromatic N) is 3. The van der Waals surface area contributed by atoms with E-state index in [4.69, 9.17) is 10.5 Å². The van der Waals surface area contributed by atoms with E-state index in [9.17, 15) is 17.6 Å². The summed E-state index contributed by atoms with van der Waals surface area (Å²) in [6, 6.07) is 3.86. The minimum Gasteiger partial charge on any atom is -0.494 e. The average Bonchev–Trinajstić information content (AvgIpc) is 2.67. The van der Waals surface area contributed by atoms with Crippen LogP contribution in [0.25, 0.3) is 0 Å². The van der Waals surface area contributed by atoms with Crippen molar-refractivity contribution in [2.45, 2.75) is 18.9 Å². The van der Waals surface area contributed by atoms with Crippen molar-refractivity contribution in [2.75, 3.05) is 37.5 Å². The lowest BCUT2D eigenvalue weighted by molar-refractivity contribution is 0.103. The number of benzene rings is 1. The molecule has 3 N–H and O–H groups in total. The molecule has 11 heteroatoms. The summed E-state index contributed by atoms with van der Waals surface area (Å²) in [6.07, 6.45) is 3.68. The first-order valence-corrected chi connectivity index (χ1v) is 10.8. The van der Waals surface area contributed by atoms with Crippen LogP contribution < -0.4 is 15.8 Å². The van der Waals surface area contributed by atoms with E-state index in [0.29, 0.717) is 25.9 Å². The molecule has 0 saturated carbocycles. The minimum atomic E-state index is -3.20. The van der Waals surface area contributed by atoms with Gasteiger partial charge >= 0.3 is 0 Å². The number of nitrogens with one attached hydrogen (secondary N) is 1. The molecule has 3 rings (SSSR count). The summed E-state index contributed by atoms with van der Waals surface area (Å²) in [4.78, 5) is 20.9. The van der Waals surface area contributed by atoms with Crippen molar-refractivity contribution in [1.82, 2.24) is 14.3 Å². The van der Waals surface area contributed by atoms with Gasteiger partial charge in [0.2, 0.25) is 16.0 Å². The maximum absolute atomic E-state index is 13.9. The predicted octanol–water partition coefficient (Wildman–Crippen LogP) is 1.27. The Labute approximate surface area is 168 Å². The quantitative estimate of drug-likeness (QED) is 0.665. The lowest BCUT2D eigenvalue weighted by Crippen LogP contribution is -2.42. The zero-order valence-electron chi connectivity index (χ0n) is 16.1. The zero-order valence-corrected chi connectivity index (χ0v) is 16.9. The number of anilines is 2. The largest absolute Gasteiger partial charge is 0.494 e. The van der Waals surface area contributed by atoms with Gasteiger partial charge in [-0.15, -0.1) is 0 Å². The number of methoxy groups -OCH3 is 1. The van der Waals surface area contributed by atoms with Gasteiger partial charge in [0.1, 0.15) is 5.82 Å². The zero-order chi connectivity index (χ0) is 21.2. The second kappa shape index (κ2) is 8.29. The Balaban J connectivity index is 1.69. The van der Waals surface area contributed by atoms with Crippen LogP contribution in [0.3, 0.4) is 0 Å². The molecular formula is C18H22FN5O4S. The normalized spacial score (nSPS) is 15.8. The Morgan fingerprint density at radius 3 is 2.59 bits per heavy atom. The van der Waals surface area contributed by atoms with E-state index in [2.05, 4.69) is 15.3 Å². The number of sulfonamides is 1. The number of hydrogen-bond acceptors (Lipinski definition) is 8. The highest BCUT2D eigenvalue weighted by Crippen LogP contribution is 2.22. The van der Waals surface area contributed by atoms with Crippen LogP contribution in [-0.4, -0.2) is 61.0 Å². The van der Waals surface area contributed by atoms with Crippen LogP contribution in [0.2, 0.25) is 0 Å². The second-order valence-electron chi connectivity index (χ2n) is 6.75. The highest BCUT2D eigenvalue weighted by Gasteiger charge is 2.25. The smallest absolute Gasteiger partial charge is 0.224 e. The molecule has 9 nitrogen and oxygen atoms in total. The van der Waals surface area contributed by atoms with Gasteiger partial charge in [0, 0.05) is 30.9 Å². The summed E-state index contributed by atoms with van der Waals surface area (Å²) in [7, 11) is -1.86. The van der Waals surface area contributed by atoms with Gasteiger partial charge in [-0.1, -0.05) is 0 Å². The standard InChI is InChI=1S/C18H22FN5O4S/c1-28-15-4-3-11(9-14(15)19)16(25)13-10-21-18(23-17(13)20)22-12-5-7-24(8-6-12)29(2,26)27/h3-4,9-10,12H,5-8H2,1-2H3,(H3,20,21,22,23). The summed E-state index contributed by atoms with van der Waals surface area (Å²) in [5.41, 5.74) is 6.09. The summed E-state index contributed by atoms with van der Waals surface area (Å²) < 4.78 is 43.3.